The average Bonchev–Trinajstić information content (AvgIpc) is 3.49. The number of hydrogen-bond acceptors (Lipinski definition) is 3. The van der Waals surface area contributed by atoms with Crippen molar-refractivity contribution in [2.45, 2.75) is 13.8 Å². The lowest BCUT2D eigenvalue weighted by molar-refractivity contribution is 1.07. The molecular formula is C47H35N3Si. The maximum absolute atomic E-state index is 4.95. The molecule has 8 aromatic rings. The summed E-state index contributed by atoms with van der Waals surface area (Å²) < 4.78 is 0. The van der Waals surface area contributed by atoms with E-state index in [4.69, 9.17) is 15.0 Å². The van der Waals surface area contributed by atoms with Crippen LogP contribution >= 0.6 is 0 Å². The predicted molar refractivity (Wildman–Crippen MR) is 214 cm³/mol. The molecule has 0 N–H and O–H groups in total. The number of nitrogens with zero attached hydrogens (tertiary/aromatic N) is 3. The highest BCUT2D eigenvalue weighted by Crippen LogP contribution is 2.33. The van der Waals surface area contributed by atoms with Gasteiger partial charge in [-0.1, -0.05) is 187 Å². The Hall–Kier alpha value is -6.23. The van der Waals surface area contributed by atoms with E-state index < -0.39 is 8.07 Å². The average molecular weight is 670 g/mol. The molecule has 0 spiro atoms. The van der Waals surface area contributed by atoms with Crippen molar-refractivity contribution in [3.8, 4) is 56.4 Å². The van der Waals surface area contributed by atoms with Gasteiger partial charge in [-0.25, -0.2) is 15.0 Å². The van der Waals surface area contributed by atoms with Crippen molar-refractivity contribution in [1.29, 1.82) is 0 Å². The van der Waals surface area contributed by atoms with Crippen LogP contribution in [0.4, 0.5) is 0 Å². The van der Waals surface area contributed by atoms with Gasteiger partial charge in [-0.2, -0.15) is 0 Å². The minimum absolute atomic E-state index is 0.656. The topological polar surface area (TPSA) is 38.7 Å². The smallest absolute Gasteiger partial charge is 0.180 e. The number of fused-ring (bicyclic) bond motifs is 3. The fourth-order valence-electron chi connectivity index (χ4n) is 7.60. The summed E-state index contributed by atoms with van der Waals surface area (Å²) in [6, 6.07) is 63.7. The third-order valence-electron chi connectivity index (χ3n) is 10.2. The van der Waals surface area contributed by atoms with E-state index in [9.17, 15) is 0 Å². The fourth-order valence-corrected chi connectivity index (χ4v) is 12.8. The molecule has 7 aromatic carbocycles. The summed E-state index contributed by atoms with van der Waals surface area (Å²) in [6.45, 7) is 4.34. The first-order valence-electron chi connectivity index (χ1n) is 17.4. The minimum Gasteiger partial charge on any atom is -0.208 e. The van der Waals surface area contributed by atoms with Crippen molar-refractivity contribution in [1.82, 2.24) is 15.0 Å². The molecule has 242 valence electrons. The first-order valence-corrected chi connectivity index (χ1v) is 19.4. The summed E-state index contributed by atoms with van der Waals surface area (Å²) in [4.78, 5) is 14.8. The van der Waals surface area contributed by atoms with Crippen molar-refractivity contribution in [2.75, 3.05) is 0 Å². The normalized spacial score (nSPS) is 12.7. The Morgan fingerprint density at radius 1 is 0.333 bits per heavy atom. The molecule has 1 aromatic heterocycles. The highest BCUT2D eigenvalue weighted by Gasteiger charge is 2.48. The van der Waals surface area contributed by atoms with Gasteiger partial charge in [0.25, 0.3) is 0 Å². The van der Waals surface area contributed by atoms with E-state index in [1.54, 1.807) is 0 Å². The van der Waals surface area contributed by atoms with Gasteiger partial charge >= 0.3 is 0 Å². The molecule has 0 saturated carbocycles. The van der Waals surface area contributed by atoms with Gasteiger partial charge in [0.2, 0.25) is 0 Å². The Balaban J connectivity index is 1.17. The zero-order valence-electron chi connectivity index (χ0n) is 28.6. The van der Waals surface area contributed by atoms with Gasteiger partial charge in [0.15, 0.2) is 25.5 Å². The Bertz CT molecular complexity index is 2410. The lowest BCUT2D eigenvalue weighted by Crippen LogP contribution is -2.72. The molecule has 0 unspecified atom stereocenters. The van der Waals surface area contributed by atoms with Crippen LogP contribution in [0.25, 0.3) is 56.4 Å². The number of hydrogen-bond donors (Lipinski definition) is 0. The highest BCUT2D eigenvalue weighted by molar-refractivity contribution is 7.22. The lowest BCUT2D eigenvalue weighted by Gasteiger charge is -2.31. The lowest BCUT2D eigenvalue weighted by atomic mass is 9.99. The van der Waals surface area contributed by atoms with Crippen molar-refractivity contribution in [3.63, 3.8) is 0 Å². The standard InChI is InChI=1S/C47H35N3Si/c1-32-17-26-39(27-18-32)51(40-28-19-33(2)20-29-40)43-16-10-9-15-41(43)42-30-25-38(31-44(42)51)34-21-23-37(24-22-34)47-49-45(35-11-5-3-6-12-35)48-46(50-47)36-13-7-4-8-14-36/h3-31H,1-2H3. The van der Waals surface area contributed by atoms with Crippen molar-refractivity contribution in [3.05, 3.63) is 187 Å². The Kier molecular flexibility index (Phi) is 7.60. The van der Waals surface area contributed by atoms with Gasteiger partial charge in [0.1, 0.15) is 0 Å². The Morgan fingerprint density at radius 3 is 1.27 bits per heavy atom. The number of rotatable bonds is 6. The molecule has 1 aliphatic heterocycles. The second kappa shape index (κ2) is 12.6. The van der Waals surface area contributed by atoms with E-state index in [2.05, 4.69) is 129 Å². The second-order valence-corrected chi connectivity index (χ2v) is 17.1. The Labute approximate surface area is 300 Å². The molecule has 0 aliphatic carbocycles. The van der Waals surface area contributed by atoms with Crippen LogP contribution in [0.2, 0.25) is 0 Å². The molecule has 0 atom stereocenters. The Morgan fingerprint density at radius 2 is 0.745 bits per heavy atom. The second-order valence-electron chi connectivity index (χ2n) is 13.4. The fraction of sp³-hybridized carbons (Fsp3) is 0.0426. The van der Waals surface area contributed by atoms with Crippen LogP contribution in [-0.4, -0.2) is 23.0 Å². The number of aryl methyl sites for hydroxylation is 2. The van der Waals surface area contributed by atoms with Crippen LogP contribution in [0, 0.1) is 13.8 Å². The zero-order valence-corrected chi connectivity index (χ0v) is 29.6. The summed E-state index contributed by atoms with van der Waals surface area (Å²) in [6.07, 6.45) is 0. The van der Waals surface area contributed by atoms with E-state index in [1.165, 1.54) is 48.6 Å². The van der Waals surface area contributed by atoms with Crippen molar-refractivity contribution in [2.24, 2.45) is 0 Å². The minimum atomic E-state index is -2.60. The van der Waals surface area contributed by atoms with E-state index in [0.717, 1.165) is 22.3 Å². The molecule has 4 heteroatoms. The molecule has 0 saturated heterocycles. The van der Waals surface area contributed by atoms with Crippen LogP contribution in [0.3, 0.4) is 0 Å². The molecule has 2 heterocycles. The van der Waals surface area contributed by atoms with Gasteiger partial charge in [-0.05, 0) is 56.8 Å². The SMILES string of the molecule is Cc1ccc([Si]2(c3ccc(C)cc3)c3ccccc3-c3ccc(-c4ccc(-c5nc(-c6ccccc6)nc(-c6ccccc6)n5)cc4)cc32)cc1. The summed E-state index contributed by atoms with van der Waals surface area (Å²) >= 11 is 0. The summed E-state index contributed by atoms with van der Waals surface area (Å²) in [7, 11) is -2.60. The first-order chi connectivity index (χ1) is 25.1. The van der Waals surface area contributed by atoms with Crippen molar-refractivity contribution < 1.29 is 0 Å². The van der Waals surface area contributed by atoms with E-state index in [0.29, 0.717) is 17.5 Å². The van der Waals surface area contributed by atoms with Gasteiger partial charge in [-0.15, -0.1) is 0 Å². The van der Waals surface area contributed by atoms with E-state index in [-0.39, 0.29) is 0 Å². The molecule has 0 radical (unpaired) electrons. The maximum Gasteiger partial charge on any atom is 0.180 e. The molecule has 0 amide bonds. The van der Waals surface area contributed by atoms with Gasteiger partial charge in [0.05, 0.1) is 0 Å². The predicted octanol–water partition coefficient (Wildman–Crippen LogP) is 8.51. The quantitative estimate of drug-likeness (QED) is 0.167. The van der Waals surface area contributed by atoms with E-state index in [1.807, 2.05) is 60.7 Å². The molecular weight excluding hydrogens is 635 g/mol. The molecule has 9 rings (SSSR count). The third-order valence-corrected chi connectivity index (χ3v) is 15.1. The van der Waals surface area contributed by atoms with Crippen LogP contribution in [-0.2, 0) is 0 Å². The van der Waals surface area contributed by atoms with Crippen LogP contribution in [0.1, 0.15) is 11.1 Å². The van der Waals surface area contributed by atoms with Gasteiger partial charge < -0.3 is 0 Å². The number of aromatic nitrogens is 3. The van der Waals surface area contributed by atoms with E-state index >= 15 is 0 Å². The molecule has 0 bridgehead atoms. The zero-order chi connectivity index (χ0) is 34.4. The van der Waals surface area contributed by atoms with Gasteiger partial charge in [0, 0.05) is 16.7 Å². The maximum atomic E-state index is 4.95. The van der Waals surface area contributed by atoms with Crippen LogP contribution in [0.5, 0.6) is 0 Å². The van der Waals surface area contributed by atoms with Crippen LogP contribution < -0.4 is 20.7 Å². The molecule has 1 aliphatic rings. The molecule has 51 heavy (non-hydrogen) atoms. The third kappa shape index (κ3) is 5.32. The van der Waals surface area contributed by atoms with Crippen LogP contribution in [0.15, 0.2) is 176 Å². The monoisotopic (exact) mass is 669 g/mol. The molecule has 3 nitrogen and oxygen atoms in total. The summed E-state index contributed by atoms with van der Waals surface area (Å²) in [5.41, 5.74) is 10.5. The first kappa shape index (κ1) is 30.8. The number of benzene rings is 7. The van der Waals surface area contributed by atoms with Crippen molar-refractivity contribution >= 4 is 28.8 Å². The summed E-state index contributed by atoms with van der Waals surface area (Å²) in [5, 5.41) is 5.72. The highest BCUT2D eigenvalue weighted by atomic mass is 28.3. The molecule has 0 fully saturated rings. The largest absolute Gasteiger partial charge is 0.208 e. The summed E-state index contributed by atoms with van der Waals surface area (Å²) in [5.74, 6) is 1.98. The van der Waals surface area contributed by atoms with Gasteiger partial charge in [-0.3, -0.25) is 0 Å².